The third-order valence-electron chi connectivity index (χ3n) is 5.50. The van der Waals surface area contributed by atoms with Crippen LogP contribution in [-0.4, -0.2) is 53.4 Å². The van der Waals surface area contributed by atoms with E-state index in [0.717, 1.165) is 11.1 Å². The van der Waals surface area contributed by atoms with Crippen LogP contribution in [0.1, 0.15) is 30.3 Å². The molecule has 3 rings (SSSR count). The monoisotopic (exact) mass is 464 g/mol. The van der Waals surface area contributed by atoms with Crippen molar-refractivity contribution in [2.45, 2.75) is 25.2 Å². The maximum absolute atomic E-state index is 10.8. The quantitative estimate of drug-likeness (QED) is 0.359. The van der Waals surface area contributed by atoms with E-state index < -0.39 is 18.1 Å². The molecule has 7 heteroatoms. The van der Waals surface area contributed by atoms with E-state index in [0.29, 0.717) is 31.2 Å². The maximum Gasteiger partial charge on any atom is 0.255 e. The highest BCUT2D eigenvalue weighted by Gasteiger charge is 2.23. The number of carbonyl (C=O) groups excluding carboxylic acids is 1. The summed E-state index contributed by atoms with van der Waals surface area (Å²) >= 11 is 0. The zero-order valence-corrected chi connectivity index (χ0v) is 19.3. The summed E-state index contributed by atoms with van der Waals surface area (Å²) in [5.41, 5.74) is 6.74. The summed E-state index contributed by atoms with van der Waals surface area (Å²) in [6.07, 6.45) is -1.40. The molecule has 1 amide bonds. The molecule has 0 saturated heterocycles. The highest BCUT2D eigenvalue weighted by atomic mass is 16.5. The van der Waals surface area contributed by atoms with Crippen LogP contribution < -0.4 is 15.2 Å². The van der Waals surface area contributed by atoms with Gasteiger partial charge in [0.1, 0.15) is 18.1 Å². The SMILES string of the molecule is C[C@H](COc1ccc(OCC(N)=O)cc1)N(C[C@@H](O)c1ccccc1)C[C@@H](O)c1ccccc1. The van der Waals surface area contributed by atoms with E-state index in [-0.39, 0.29) is 12.6 Å². The third-order valence-corrected chi connectivity index (χ3v) is 5.50. The molecule has 0 saturated carbocycles. The summed E-state index contributed by atoms with van der Waals surface area (Å²) in [5, 5.41) is 21.6. The van der Waals surface area contributed by atoms with Crippen molar-refractivity contribution < 1.29 is 24.5 Å². The van der Waals surface area contributed by atoms with Crippen molar-refractivity contribution in [3.63, 3.8) is 0 Å². The van der Waals surface area contributed by atoms with E-state index in [2.05, 4.69) is 0 Å². The lowest BCUT2D eigenvalue weighted by Gasteiger charge is -2.32. The van der Waals surface area contributed by atoms with Gasteiger partial charge in [-0.25, -0.2) is 0 Å². The Morgan fingerprint density at radius 2 is 1.24 bits per heavy atom. The smallest absolute Gasteiger partial charge is 0.255 e. The Hall–Kier alpha value is -3.39. The van der Waals surface area contributed by atoms with E-state index in [1.54, 1.807) is 24.3 Å². The molecule has 0 aliphatic heterocycles. The minimum Gasteiger partial charge on any atom is -0.492 e. The van der Waals surface area contributed by atoms with Gasteiger partial charge in [-0.3, -0.25) is 9.69 Å². The van der Waals surface area contributed by atoms with Crippen molar-refractivity contribution in [1.82, 2.24) is 4.90 Å². The van der Waals surface area contributed by atoms with E-state index in [1.165, 1.54) is 0 Å². The molecule has 0 aliphatic carbocycles. The molecule has 0 spiro atoms. The van der Waals surface area contributed by atoms with Gasteiger partial charge in [0.2, 0.25) is 0 Å². The summed E-state index contributed by atoms with van der Waals surface area (Å²) in [5.74, 6) is 0.632. The molecule has 7 nitrogen and oxygen atoms in total. The molecule has 0 unspecified atom stereocenters. The molecule has 3 atom stereocenters. The van der Waals surface area contributed by atoms with Crippen molar-refractivity contribution >= 4 is 5.91 Å². The molecular weight excluding hydrogens is 432 g/mol. The minimum absolute atomic E-state index is 0.0949. The average molecular weight is 465 g/mol. The number of primary amides is 1. The first kappa shape index (κ1) is 25.2. The Morgan fingerprint density at radius 3 is 1.68 bits per heavy atom. The van der Waals surface area contributed by atoms with Crippen LogP contribution in [0.4, 0.5) is 0 Å². The number of aliphatic hydroxyl groups is 2. The molecule has 0 radical (unpaired) electrons. The lowest BCUT2D eigenvalue weighted by Crippen LogP contribution is -2.42. The second-order valence-corrected chi connectivity index (χ2v) is 8.19. The van der Waals surface area contributed by atoms with Crippen LogP contribution in [-0.2, 0) is 4.79 Å². The number of rotatable bonds is 13. The summed E-state index contributed by atoms with van der Waals surface area (Å²) < 4.78 is 11.2. The zero-order chi connectivity index (χ0) is 24.3. The number of nitrogens with zero attached hydrogens (tertiary/aromatic N) is 1. The molecule has 4 N–H and O–H groups in total. The molecular formula is C27H32N2O5. The lowest BCUT2D eigenvalue weighted by molar-refractivity contribution is -0.119. The Balaban J connectivity index is 1.64. The van der Waals surface area contributed by atoms with Crippen LogP contribution in [0.5, 0.6) is 11.5 Å². The zero-order valence-electron chi connectivity index (χ0n) is 19.3. The summed E-state index contributed by atoms with van der Waals surface area (Å²) in [4.78, 5) is 12.9. The number of nitrogens with two attached hydrogens (primary N) is 1. The van der Waals surface area contributed by atoms with Crippen molar-refractivity contribution in [3.05, 3.63) is 96.1 Å². The topological polar surface area (TPSA) is 105 Å². The fraction of sp³-hybridized carbons (Fsp3) is 0.296. The Morgan fingerprint density at radius 1 is 0.794 bits per heavy atom. The molecule has 180 valence electrons. The fourth-order valence-corrected chi connectivity index (χ4v) is 3.55. The minimum atomic E-state index is -0.701. The van der Waals surface area contributed by atoms with Crippen LogP contribution in [0, 0.1) is 0 Å². The summed E-state index contributed by atoms with van der Waals surface area (Å²) in [7, 11) is 0. The second-order valence-electron chi connectivity index (χ2n) is 8.19. The molecule has 3 aromatic rings. The van der Waals surface area contributed by atoms with Crippen molar-refractivity contribution in [1.29, 1.82) is 0 Å². The van der Waals surface area contributed by atoms with Gasteiger partial charge in [0, 0.05) is 19.1 Å². The second kappa shape index (κ2) is 12.7. The predicted molar refractivity (Wildman–Crippen MR) is 130 cm³/mol. The van der Waals surface area contributed by atoms with Gasteiger partial charge < -0.3 is 25.4 Å². The van der Waals surface area contributed by atoms with Crippen LogP contribution >= 0.6 is 0 Å². The van der Waals surface area contributed by atoms with E-state index in [4.69, 9.17) is 15.2 Å². The largest absolute Gasteiger partial charge is 0.492 e. The lowest BCUT2D eigenvalue weighted by atomic mass is 10.1. The van der Waals surface area contributed by atoms with E-state index in [1.807, 2.05) is 72.5 Å². The molecule has 0 bridgehead atoms. The van der Waals surface area contributed by atoms with Crippen LogP contribution in [0.2, 0.25) is 0 Å². The van der Waals surface area contributed by atoms with Gasteiger partial charge in [-0.1, -0.05) is 60.7 Å². The summed E-state index contributed by atoms with van der Waals surface area (Å²) in [6.45, 7) is 2.86. The number of hydrogen-bond acceptors (Lipinski definition) is 6. The molecule has 0 aromatic heterocycles. The van der Waals surface area contributed by atoms with Gasteiger partial charge in [0.15, 0.2) is 6.61 Å². The molecule has 0 heterocycles. The van der Waals surface area contributed by atoms with E-state index in [9.17, 15) is 15.0 Å². The van der Waals surface area contributed by atoms with Crippen molar-refractivity contribution in [2.24, 2.45) is 5.73 Å². The van der Waals surface area contributed by atoms with Crippen LogP contribution in [0.25, 0.3) is 0 Å². The predicted octanol–water partition coefficient (Wildman–Crippen LogP) is 3.09. The first-order chi connectivity index (χ1) is 16.4. The van der Waals surface area contributed by atoms with Gasteiger partial charge in [-0.15, -0.1) is 0 Å². The Labute approximate surface area is 200 Å². The van der Waals surface area contributed by atoms with Gasteiger partial charge >= 0.3 is 0 Å². The molecule has 0 aliphatic rings. The van der Waals surface area contributed by atoms with Crippen LogP contribution in [0.3, 0.4) is 0 Å². The average Bonchev–Trinajstić information content (AvgIpc) is 2.87. The third kappa shape index (κ3) is 7.88. The van der Waals surface area contributed by atoms with Gasteiger partial charge in [-0.05, 0) is 42.3 Å². The first-order valence-corrected chi connectivity index (χ1v) is 11.3. The molecule has 3 aromatic carbocycles. The number of hydrogen-bond donors (Lipinski definition) is 3. The van der Waals surface area contributed by atoms with Gasteiger partial charge in [0.05, 0.1) is 12.2 Å². The molecule has 0 fully saturated rings. The fourth-order valence-electron chi connectivity index (χ4n) is 3.55. The number of aliphatic hydroxyl groups excluding tert-OH is 2. The van der Waals surface area contributed by atoms with Crippen molar-refractivity contribution in [2.75, 3.05) is 26.3 Å². The van der Waals surface area contributed by atoms with Crippen LogP contribution in [0.15, 0.2) is 84.9 Å². The number of benzene rings is 3. The highest BCUT2D eigenvalue weighted by molar-refractivity contribution is 5.75. The maximum atomic E-state index is 10.8. The normalized spacial score (nSPS) is 13.8. The number of carbonyl (C=O) groups is 1. The van der Waals surface area contributed by atoms with Crippen molar-refractivity contribution in [3.8, 4) is 11.5 Å². The Bertz CT molecular complexity index is 951. The summed E-state index contributed by atoms with van der Waals surface area (Å²) in [6, 6.07) is 25.8. The number of ether oxygens (including phenoxy) is 2. The van der Waals surface area contributed by atoms with Gasteiger partial charge in [0.25, 0.3) is 5.91 Å². The Kier molecular flexibility index (Phi) is 9.46. The standard InChI is InChI=1S/C27H32N2O5/c1-20(18-33-23-12-14-24(15-13-23)34-19-27(28)32)29(16-25(30)21-8-4-2-5-9-21)17-26(31)22-10-6-3-7-11-22/h2-15,20,25-26,30-31H,16-19H2,1H3,(H2,28,32)/t20-,25-,26-/m1/s1. The number of amides is 1. The first-order valence-electron chi connectivity index (χ1n) is 11.3. The van der Waals surface area contributed by atoms with Gasteiger partial charge in [-0.2, -0.15) is 0 Å². The highest BCUT2D eigenvalue weighted by Crippen LogP contribution is 2.22. The molecule has 34 heavy (non-hydrogen) atoms. The van der Waals surface area contributed by atoms with E-state index >= 15 is 0 Å².